The van der Waals surface area contributed by atoms with Crippen molar-refractivity contribution in [3.8, 4) is 0 Å². The molecule has 1 atom stereocenters. The van der Waals surface area contributed by atoms with Gasteiger partial charge >= 0.3 is 0 Å². The second kappa shape index (κ2) is 7.36. The minimum Gasteiger partial charge on any atom is -0.387 e. The molecule has 3 heteroatoms. The van der Waals surface area contributed by atoms with E-state index in [0.29, 0.717) is 6.54 Å². The number of nitrogens with zero attached hydrogens (tertiary/aromatic N) is 2. The summed E-state index contributed by atoms with van der Waals surface area (Å²) in [6.45, 7) is 7.15. The van der Waals surface area contributed by atoms with E-state index in [2.05, 4.69) is 23.7 Å². The van der Waals surface area contributed by atoms with Gasteiger partial charge in [0, 0.05) is 18.9 Å². The van der Waals surface area contributed by atoms with Gasteiger partial charge in [-0.25, -0.2) is 0 Å². The monoisotopic (exact) mass is 222 g/mol. The molecular weight excluding hydrogens is 200 g/mol. The second-order valence-electron chi connectivity index (χ2n) is 4.10. The predicted octanol–water partition coefficient (Wildman–Crippen LogP) is 2.24. The summed E-state index contributed by atoms with van der Waals surface area (Å²) in [6.07, 6.45) is 5.30. The lowest BCUT2D eigenvalue weighted by Crippen LogP contribution is -2.30. The topological polar surface area (TPSA) is 36.4 Å². The first-order valence-corrected chi connectivity index (χ1v) is 6.08. The maximum Gasteiger partial charge on any atom is 0.0918 e. The first-order valence-electron chi connectivity index (χ1n) is 6.08. The zero-order valence-corrected chi connectivity index (χ0v) is 10.3. The molecule has 1 rings (SSSR count). The molecule has 0 fully saturated rings. The summed E-state index contributed by atoms with van der Waals surface area (Å²) in [6, 6.07) is 3.75. The van der Waals surface area contributed by atoms with Gasteiger partial charge in [-0.15, -0.1) is 0 Å². The number of pyridine rings is 1. The Hall–Kier alpha value is -0.930. The number of hydrogen-bond acceptors (Lipinski definition) is 3. The third-order valence-electron chi connectivity index (χ3n) is 2.60. The van der Waals surface area contributed by atoms with Crippen molar-refractivity contribution in [2.45, 2.75) is 32.8 Å². The highest BCUT2D eigenvalue weighted by Crippen LogP contribution is 2.13. The van der Waals surface area contributed by atoms with E-state index in [0.717, 1.165) is 31.5 Å². The normalized spacial score (nSPS) is 13.0. The zero-order chi connectivity index (χ0) is 11.8. The second-order valence-corrected chi connectivity index (χ2v) is 4.10. The average Bonchev–Trinajstić information content (AvgIpc) is 2.31. The molecule has 1 aromatic heterocycles. The Morgan fingerprint density at radius 2 is 1.75 bits per heavy atom. The van der Waals surface area contributed by atoms with Gasteiger partial charge in [-0.2, -0.15) is 0 Å². The summed E-state index contributed by atoms with van der Waals surface area (Å²) in [5.74, 6) is 0. The number of aromatic nitrogens is 1. The molecule has 0 spiro atoms. The molecule has 0 bridgehead atoms. The lowest BCUT2D eigenvalue weighted by Gasteiger charge is -2.24. The van der Waals surface area contributed by atoms with Crippen LogP contribution in [0, 0.1) is 0 Å². The number of aliphatic hydroxyl groups is 1. The Labute approximate surface area is 98.1 Å². The van der Waals surface area contributed by atoms with Crippen molar-refractivity contribution >= 4 is 0 Å². The van der Waals surface area contributed by atoms with E-state index in [4.69, 9.17) is 0 Å². The first kappa shape index (κ1) is 13.1. The van der Waals surface area contributed by atoms with E-state index < -0.39 is 6.10 Å². The van der Waals surface area contributed by atoms with Gasteiger partial charge in [0.15, 0.2) is 0 Å². The first-order chi connectivity index (χ1) is 7.77. The van der Waals surface area contributed by atoms with Crippen LogP contribution in [0.1, 0.15) is 38.4 Å². The molecule has 0 aliphatic carbocycles. The summed E-state index contributed by atoms with van der Waals surface area (Å²) in [7, 11) is 0. The number of hydrogen-bond donors (Lipinski definition) is 1. The van der Waals surface area contributed by atoms with Crippen molar-refractivity contribution < 1.29 is 5.11 Å². The maximum atomic E-state index is 10.1. The molecular formula is C13H22N2O. The fraction of sp³-hybridized carbons (Fsp3) is 0.615. The zero-order valence-electron chi connectivity index (χ0n) is 10.3. The van der Waals surface area contributed by atoms with E-state index in [1.807, 2.05) is 12.1 Å². The van der Waals surface area contributed by atoms with Gasteiger partial charge in [0.25, 0.3) is 0 Å². The maximum absolute atomic E-state index is 10.1. The number of aliphatic hydroxyl groups excluding tert-OH is 1. The van der Waals surface area contributed by atoms with Gasteiger partial charge in [0.2, 0.25) is 0 Å². The van der Waals surface area contributed by atoms with Crippen molar-refractivity contribution in [2.75, 3.05) is 19.6 Å². The lowest BCUT2D eigenvalue weighted by molar-refractivity contribution is 0.113. The van der Waals surface area contributed by atoms with Crippen LogP contribution < -0.4 is 0 Å². The standard InChI is InChI=1S/C13H22N2O/c1-3-9-15(10-4-2)11-13(16)12-5-7-14-8-6-12/h5-8,13,16H,3-4,9-11H2,1-2H3. The Morgan fingerprint density at radius 1 is 1.19 bits per heavy atom. The summed E-state index contributed by atoms with van der Waals surface area (Å²) >= 11 is 0. The van der Waals surface area contributed by atoms with E-state index in [1.165, 1.54) is 0 Å². The number of rotatable bonds is 7. The van der Waals surface area contributed by atoms with Crippen LogP contribution >= 0.6 is 0 Å². The van der Waals surface area contributed by atoms with Crippen LogP contribution in [-0.2, 0) is 0 Å². The molecule has 1 aromatic rings. The molecule has 0 aliphatic rings. The molecule has 0 radical (unpaired) electrons. The molecule has 0 saturated carbocycles. The van der Waals surface area contributed by atoms with Gasteiger partial charge < -0.3 is 10.0 Å². The lowest BCUT2D eigenvalue weighted by atomic mass is 10.1. The molecule has 0 amide bonds. The van der Waals surface area contributed by atoms with Crippen LogP contribution in [0.25, 0.3) is 0 Å². The Bertz CT molecular complexity index is 271. The van der Waals surface area contributed by atoms with Crippen LogP contribution in [0.5, 0.6) is 0 Å². The van der Waals surface area contributed by atoms with Gasteiger partial charge in [-0.05, 0) is 43.6 Å². The Morgan fingerprint density at radius 3 is 2.25 bits per heavy atom. The molecule has 0 saturated heterocycles. The smallest absolute Gasteiger partial charge is 0.0918 e. The minimum atomic E-state index is -0.402. The third-order valence-corrected chi connectivity index (χ3v) is 2.60. The van der Waals surface area contributed by atoms with Crippen LogP contribution in [0.3, 0.4) is 0 Å². The van der Waals surface area contributed by atoms with Crippen LogP contribution in [0.4, 0.5) is 0 Å². The Balaban J connectivity index is 2.50. The van der Waals surface area contributed by atoms with E-state index >= 15 is 0 Å². The molecule has 1 unspecified atom stereocenters. The molecule has 0 aromatic carbocycles. The summed E-state index contributed by atoms with van der Waals surface area (Å²) in [5, 5.41) is 10.1. The highest BCUT2D eigenvalue weighted by molar-refractivity contribution is 5.13. The van der Waals surface area contributed by atoms with Gasteiger partial charge in [-0.3, -0.25) is 4.98 Å². The molecule has 90 valence electrons. The predicted molar refractivity (Wildman–Crippen MR) is 66.2 cm³/mol. The summed E-state index contributed by atoms with van der Waals surface area (Å²) in [5.41, 5.74) is 0.951. The highest BCUT2D eigenvalue weighted by Gasteiger charge is 2.11. The minimum absolute atomic E-state index is 0.402. The summed E-state index contributed by atoms with van der Waals surface area (Å²) in [4.78, 5) is 6.27. The molecule has 3 nitrogen and oxygen atoms in total. The van der Waals surface area contributed by atoms with Crippen molar-refractivity contribution in [2.24, 2.45) is 0 Å². The van der Waals surface area contributed by atoms with Gasteiger partial charge in [-0.1, -0.05) is 13.8 Å². The van der Waals surface area contributed by atoms with E-state index in [9.17, 15) is 5.11 Å². The quantitative estimate of drug-likeness (QED) is 0.768. The van der Waals surface area contributed by atoms with Crippen LogP contribution in [0.2, 0.25) is 0 Å². The SMILES string of the molecule is CCCN(CCC)CC(O)c1ccncc1. The molecule has 16 heavy (non-hydrogen) atoms. The third kappa shape index (κ3) is 4.29. The van der Waals surface area contributed by atoms with Crippen molar-refractivity contribution in [1.82, 2.24) is 9.88 Å². The van der Waals surface area contributed by atoms with Crippen molar-refractivity contribution in [3.05, 3.63) is 30.1 Å². The molecule has 0 aliphatic heterocycles. The van der Waals surface area contributed by atoms with Crippen LogP contribution in [-0.4, -0.2) is 34.6 Å². The highest BCUT2D eigenvalue weighted by atomic mass is 16.3. The largest absolute Gasteiger partial charge is 0.387 e. The van der Waals surface area contributed by atoms with Crippen LogP contribution in [0.15, 0.2) is 24.5 Å². The average molecular weight is 222 g/mol. The van der Waals surface area contributed by atoms with E-state index in [1.54, 1.807) is 12.4 Å². The molecule has 1 N–H and O–H groups in total. The fourth-order valence-corrected chi connectivity index (χ4v) is 1.86. The molecule has 1 heterocycles. The summed E-state index contributed by atoms with van der Waals surface area (Å²) < 4.78 is 0. The van der Waals surface area contributed by atoms with Gasteiger partial charge in [0.05, 0.1) is 6.10 Å². The van der Waals surface area contributed by atoms with E-state index in [-0.39, 0.29) is 0 Å². The fourth-order valence-electron chi connectivity index (χ4n) is 1.86. The van der Waals surface area contributed by atoms with Crippen molar-refractivity contribution in [3.63, 3.8) is 0 Å². The van der Waals surface area contributed by atoms with Crippen molar-refractivity contribution in [1.29, 1.82) is 0 Å². The Kier molecular flexibility index (Phi) is 6.04. The van der Waals surface area contributed by atoms with Gasteiger partial charge in [0.1, 0.15) is 0 Å².